The Morgan fingerprint density at radius 3 is 2.28 bits per heavy atom. The second-order valence-corrected chi connectivity index (χ2v) is 6.23. The van der Waals surface area contributed by atoms with Crippen LogP contribution in [0.1, 0.15) is 52.9 Å². The lowest BCUT2D eigenvalue weighted by atomic mass is 9.99. The van der Waals surface area contributed by atoms with Crippen LogP contribution in [0.5, 0.6) is 0 Å². The third kappa shape index (κ3) is 5.85. The minimum Gasteiger partial charge on any atom is -0.380 e. The van der Waals surface area contributed by atoms with Crippen LogP contribution in [-0.2, 0) is 11.3 Å². The molecule has 1 atom stereocenters. The van der Waals surface area contributed by atoms with E-state index in [1.54, 1.807) is 13.2 Å². The first-order chi connectivity index (χ1) is 11.5. The Morgan fingerprint density at radius 2 is 1.68 bits per heavy atom. The first-order valence-corrected chi connectivity index (χ1v) is 8.23. The second-order valence-electron chi connectivity index (χ2n) is 6.23. The number of nitrogens with one attached hydrogen (secondary N) is 1. The molecule has 25 heavy (non-hydrogen) atoms. The summed E-state index contributed by atoms with van der Waals surface area (Å²) >= 11 is 0. The van der Waals surface area contributed by atoms with Crippen molar-refractivity contribution in [2.24, 2.45) is 5.73 Å². The van der Waals surface area contributed by atoms with E-state index < -0.39 is 0 Å². The molecule has 2 rings (SSSR count). The van der Waals surface area contributed by atoms with Crippen molar-refractivity contribution < 1.29 is 9.53 Å². The molecule has 2 aromatic carbocycles. The van der Waals surface area contributed by atoms with E-state index in [0.29, 0.717) is 24.6 Å². The second kappa shape index (κ2) is 10.2. The summed E-state index contributed by atoms with van der Waals surface area (Å²) in [5.41, 5.74) is 10.00. The third-order valence-electron chi connectivity index (χ3n) is 4.08. The summed E-state index contributed by atoms with van der Waals surface area (Å²) in [6.45, 7) is 5.12. The van der Waals surface area contributed by atoms with Crippen LogP contribution in [0.25, 0.3) is 0 Å². The molecule has 0 aliphatic rings. The van der Waals surface area contributed by atoms with Gasteiger partial charge in [-0.05, 0) is 28.7 Å². The number of nitrogens with two attached hydrogens (primary N) is 1. The number of halogens is 1. The number of rotatable bonds is 7. The molecule has 0 bridgehead atoms. The van der Waals surface area contributed by atoms with Crippen molar-refractivity contribution in [3.05, 3.63) is 70.8 Å². The number of carbonyl (C=O) groups is 1. The van der Waals surface area contributed by atoms with Crippen molar-refractivity contribution >= 4 is 18.3 Å². The molecule has 0 spiro atoms. The Labute approximate surface area is 156 Å². The molecule has 136 valence electrons. The molecule has 0 heterocycles. The van der Waals surface area contributed by atoms with Crippen molar-refractivity contribution in [2.75, 3.05) is 13.7 Å². The normalized spacial score (nSPS) is 11.7. The Bertz CT molecular complexity index is 672. The van der Waals surface area contributed by atoms with Gasteiger partial charge in [0, 0.05) is 25.3 Å². The van der Waals surface area contributed by atoms with E-state index in [9.17, 15) is 4.79 Å². The number of methoxy groups -OCH3 is 1. The van der Waals surface area contributed by atoms with Crippen molar-refractivity contribution in [3.63, 3.8) is 0 Å². The SMILES string of the molecule is COCc1ccccc1C(=O)NCC(N)c1ccc(C(C)C)cc1.Cl. The van der Waals surface area contributed by atoms with E-state index in [0.717, 1.165) is 11.1 Å². The molecule has 1 unspecified atom stereocenters. The van der Waals surface area contributed by atoms with Crippen LogP contribution in [-0.4, -0.2) is 19.6 Å². The summed E-state index contributed by atoms with van der Waals surface area (Å²) in [7, 11) is 1.62. The summed E-state index contributed by atoms with van der Waals surface area (Å²) < 4.78 is 5.14. The van der Waals surface area contributed by atoms with Crippen LogP contribution in [0, 0.1) is 0 Å². The molecule has 0 aromatic heterocycles. The van der Waals surface area contributed by atoms with E-state index >= 15 is 0 Å². The van der Waals surface area contributed by atoms with Crippen molar-refractivity contribution in [1.29, 1.82) is 0 Å². The summed E-state index contributed by atoms with van der Waals surface area (Å²) in [6, 6.07) is 15.5. The zero-order chi connectivity index (χ0) is 17.5. The molecule has 0 radical (unpaired) electrons. The van der Waals surface area contributed by atoms with Gasteiger partial charge in [0.25, 0.3) is 5.91 Å². The van der Waals surface area contributed by atoms with Gasteiger partial charge >= 0.3 is 0 Å². The Balaban J connectivity index is 0.00000312. The molecule has 2 aromatic rings. The zero-order valence-corrected chi connectivity index (χ0v) is 15.8. The van der Waals surface area contributed by atoms with Crippen LogP contribution in [0.15, 0.2) is 48.5 Å². The molecule has 3 N–H and O–H groups in total. The maximum Gasteiger partial charge on any atom is 0.251 e. The topological polar surface area (TPSA) is 64.3 Å². The van der Waals surface area contributed by atoms with Gasteiger partial charge in [-0.3, -0.25) is 4.79 Å². The molecule has 4 nitrogen and oxygen atoms in total. The van der Waals surface area contributed by atoms with Gasteiger partial charge in [-0.1, -0.05) is 56.3 Å². The summed E-state index contributed by atoms with van der Waals surface area (Å²) in [6.07, 6.45) is 0. The molecule has 0 fully saturated rings. The van der Waals surface area contributed by atoms with Crippen LogP contribution < -0.4 is 11.1 Å². The van der Waals surface area contributed by atoms with Gasteiger partial charge in [-0.2, -0.15) is 0 Å². The zero-order valence-electron chi connectivity index (χ0n) is 15.0. The van der Waals surface area contributed by atoms with Gasteiger partial charge in [-0.15, -0.1) is 12.4 Å². The van der Waals surface area contributed by atoms with Gasteiger partial charge < -0.3 is 15.8 Å². The maximum atomic E-state index is 12.4. The van der Waals surface area contributed by atoms with Gasteiger partial charge in [0.1, 0.15) is 0 Å². The van der Waals surface area contributed by atoms with Gasteiger partial charge in [-0.25, -0.2) is 0 Å². The molecular weight excluding hydrogens is 336 g/mol. The van der Waals surface area contributed by atoms with Gasteiger partial charge in [0.05, 0.1) is 6.61 Å². The van der Waals surface area contributed by atoms with Crippen molar-refractivity contribution in [3.8, 4) is 0 Å². The number of hydrogen-bond donors (Lipinski definition) is 2. The summed E-state index contributed by atoms with van der Waals surface area (Å²) in [5.74, 6) is 0.365. The van der Waals surface area contributed by atoms with Crippen molar-refractivity contribution in [2.45, 2.75) is 32.4 Å². The lowest BCUT2D eigenvalue weighted by Gasteiger charge is -2.15. The van der Waals surface area contributed by atoms with E-state index in [-0.39, 0.29) is 24.4 Å². The van der Waals surface area contributed by atoms with Gasteiger partial charge in [0.2, 0.25) is 0 Å². The predicted molar refractivity (Wildman–Crippen MR) is 104 cm³/mol. The van der Waals surface area contributed by atoms with Crippen LogP contribution in [0.3, 0.4) is 0 Å². The lowest BCUT2D eigenvalue weighted by molar-refractivity contribution is 0.0946. The molecule has 0 saturated carbocycles. The van der Waals surface area contributed by atoms with Crippen molar-refractivity contribution in [1.82, 2.24) is 5.32 Å². The first kappa shape index (κ1) is 21.2. The van der Waals surface area contributed by atoms with E-state index in [4.69, 9.17) is 10.5 Å². The maximum absolute atomic E-state index is 12.4. The lowest BCUT2D eigenvalue weighted by Crippen LogP contribution is -2.32. The smallest absolute Gasteiger partial charge is 0.251 e. The summed E-state index contributed by atoms with van der Waals surface area (Å²) in [5, 5.41) is 2.91. The standard InChI is InChI=1S/C20H26N2O2.ClH/c1-14(2)15-8-10-16(11-9-15)19(21)12-22-20(23)18-7-5-4-6-17(18)13-24-3;/h4-11,14,19H,12-13,21H2,1-3H3,(H,22,23);1H. The average Bonchev–Trinajstić information content (AvgIpc) is 2.60. The Morgan fingerprint density at radius 1 is 1.08 bits per heavy atom. The summed E-state index contributed by atoms with van der Waals surface area (Å²) in [4.78, 5) is 12.4. The highest BCUT2D eigenvalue weighted by atomic mass is 35.5. The van der Waals surface area contributed by atoms with Crippen LogP contribution in [0.4, 0.5) is 0 Å². The minimum absolute atomic E-state index is 0. The quantitative estimate of drug-likeness (QED) is 0.787. The number of carbonyl (C=O) groups excluding carboxylic acids is 1. The molecular formula is C20H27ClN2O2. The highest BCUT2D eigenvalue weighted by Crippen LogP contribution is 2.17. The van der Waals surface area contributed by atoms with Crippen LogP contribution in [0.2, 0.25) is 0 Å². The number of amides is 1. The Hall–Kier alpha value is -1.88. The highest BCUT2D eigenvalue weighted by molar-refractivity contribution is 5.95. The molecule has 0 saturated heterocycles. The third-order valence-corrected chi connectivity index (χ3v) is 4.08. The number of ether oxygens (including phenoxy) is 1. The fourth-order valence-corrected chi connectivity index (χ4v) is 2.57. The van der Waals surface area contributed by atoms with Gasteiger partial charge in [0.15, 0.2) is 0 Å². The molecule has 0 aliphatic carbocycles. The minimum atomic E-state index is -0.232. The van der Waals surface area contributed by atoms with E-state index in [1.807, 2.05) is 30.3 Å². The first-order valence-electron chi connectivity index (χ1n) is 8.23. The van der Waals surface area contributed by atoms with E-state index in [1.165, 1.54) is 5.56 Å². The van der Waals surface area contributed by atoms with Crippen LogP contribution >= 0.6 is 12.4 Å². The molecule has 5 heteroatoms. The highest BCUT2D eigenvalue weighted by Gasteiger charge is 2.13. The molecule has 0 aliphatic heterocycles. The molecule has 1 amide bonds. The predicted octanol–water partition coefficient (Wildman–Crippen LogP) is 3.81. The average molecular weight is 363 g/mol. The van der Waals surface area contributed by atoms with E-state index in [2.05, 4.69) is 31.3 Å². The largest absolute Gasteiger partial charge is 0.380 e. The number of benzene rings is 2. The number of hydrogen-bond acceptors (Lipinski definition) is 3. The Kier molecular flexibility index (Phi) is 8.62. The fourth-order valence-electron chi connectivity index (χ4n) is 2.57. The monoisotopic (exact) mass is 362 g/mol. The fraction of sp³-hybridized carbons (Fsp3) is 0.350.